The quantitative estimate of drug-likeness (QED) is 0.408. The smallest absolute Gasteiger partial charge is 0.279 e. The maximum Gasteiger partial charge on any atom is 0.279 e. The number of carbonyl (C=O) groups is 1. The number of benzene rings is 3. The highest BCUT2D eigenvalue weighted by molar-refractivity contribution is 6.01. The van der Waals surface area contributed by atoms with E-state index in [0.717, 1.165) is 22.6 Å². The summed E-state index contributed by atoms with van der Waals surface area (Å²) in [6, 6.07) is 19.9. The molecule has 0 saturated heterocycles. The highest BCUT2D eigenvalue weighted by Gasteiger charge is 2.39. The Bertz CT molecular complexity index is 1350. The number of para-hydroxylation sites is 2. The molecule has 0 spiro atoms. The lowest BCUT2D eigenvalue weighted by atomic mass is 9.78. The summed E-state index contributed by atoms with van der Waals surface area (Å²) in [6.07, 6.45) is 0.952. The van der Waals surface area contributed by atoms with Crippen LogP contribution in [0.1, 0.15) is 35.9 Å². The van der Waals surface area contributed by atoms with Crippen molar-refractivity contribution in [3.05, 3.63) is 99.2 Å². The maximum absolute atomic E-state index is 13.7. The second-order valence-corrected chi connectivity index (χ2v) is 8.60. The van der Waals surface area contributed by atoms with Crippen LogP contribution in [0.5, 0.6) is 11.5 Å². The number of nitro groups is 1. The Labute approximate surface area is 195 Å². The minimum atomic E-state index is -0.717. The Morgan fingerprint density at radius 1 is 0.912 bits per heavy atom. The number of ketones is 1. The van der Waals surface area contributed by atoms with Crippen LogP contribution in [0.15, 0.2) is 78.0 Å². The van der Waals surface area contributed by atoms with Crippen molar-refractivity contribution in [3.63, 3.8) is 0 Å². The van der Waals surface area contributed by atoms with Crippen LogP contribution in [-0.4, -0.2) is 17.5 Å². The molecule has 0 saturated carbocycles. The molecule has 170 valence electrons. The fraction of sp³-hybridized carbons (Fsp3) is 0.192. The van der Waals surface area contributed by atoms with Gasteiger partial charge >= 0.3 is 0 Å². The lowest BCUT2D eigenvalue weighted by Gasteiger charge is -2.29. The van der Waals surface area contributed by atoms with E-state index < -0.39 is 11.0 Å². The number of hydrogen-bond donors (Lipinski definition) is 2. The molecule has 3 aromatic rings. The van der Waals surface area contributed by atoms with Gasteiger partial charge in [-0.1, -0.05) is 42.5 Å². The molecule has 0 aromatic heterocycles. The van der Waals surface area contributed by atoms with Gasteiger partial charge in [-0.05, 0) is 36.1 Å². The normalized spacial score (nSPS) is 20.5. The van der Waals surface area contributed by atoms with E-state index in [1.165, 1.54) is 6.07 Å². The molecular weight excluding hydrogens is 434 g/mol. The van der Waals surface area contributed by atoms with Gasteiger partial charge in [0.2, 0.25) is 6.79 Å². The van der Waals surface area contributed by atoms with Crippen molar-refractivity contribution in [2.24, 2.45) is 0 Å². The molecule has 2 atom stereocenters. The molecule has 2 aliphatic heterocycles. The molecule has 2 heterocycles. The molecule has 1 aliphatic carbocycles. The number of nitrogens with zero attached hydrogens (tertiary/aromatic N) is 1. The molecule has 0 radical (unpaired) electrons. The summed E-state index contributed by atoms with van der Waals surface area (Å²) in [5, 5.41) is 18.9. The fourth-order valence-electron chi connectivity index (χ4n) is 5.02. The van der Waals surface area contributed by atoms with Gasteiger partial charge < -0.3 is 20.1 Å². The fourth-order valence-corrected chi connectivity index (χ4v) is 5.02. The molecule has 6 rings (SSSR count). The molecule has 34 heavy (non-hydrogen) atoms. The monoisotopic (exact) mass is 455 g/mol. The third-order valence-electron chi connectivity index (χ3n) is 6.61. The van der Waals surface area contributed by atoms with Gasteiger partial charge in [-0.25, -0.2) is 0 Å². The van der Waals surface area contributed by atoms with E-state index in [4.69, 9.17) is 9.47 Å². The minimum absolute atomic E-state index is 0.00403. The first kappa shape index (κ1) is 20.3. The van der Waals surface area contributed by atoms with Gasteiger partial charge in [-0.3, -0.25) is 14.9 Å². The zero-order chi connectivity index (χ0) is 23.2. The Hall–Kier alpha value is -4.33. The molecule has 0 fully saturated rings. The summed E-state index contributed by atoms with van der Waals surface area (Å²) in [6.45, 7) is 0.00403. The van der Waals surface area contributed by atoms with Crippen LogP contribution in [0.25, 0.3) is 0 Å². The van der Waals surface area contributed by atoms with Gasteiger partial charge in [0.1, 0.15) is 0 Å². The first-order valence-corrected chi connectivity index (χ1v) is 11.1. The molecule has 0 bridgehead atoms. The number of Topliss-reactive ketones (excluding diaryl/α,β-unsaturated/α-hetero) is 1. The standard InChI is InChI=1S/C26H21N3O5/c30-22-11-16(15-6-2-1-3-7-15)10-20-25(22)26(28-19-9-5-4-8-18(19)27-20)17-12-23-24(34-14-33-23)13-21(17)29(31)32/h1-9,12-13,16,26-28H,10-11,14H2/t16-,26+/m1/s1. The summed E-state index contributed by atoms with van der Waals surface area (Å²) in [4.78, 5) is 25.2. The van der Waals surface area contributed by atoms with Crippen molar-refractivity contribution in [3.8, 4) is 11.5 Å². The average molecular weight is 455 g/mol. The van der Waals surface area contributed by atoms with Gasteiger partial charge in [0.05, 0.1) is 34.0 Å². The average Bonchev–Trinajstić information content (AvgIpc) is 3.24. The van der Waals surface area contributed by atoms with Crippen molar-refractivity contribution in [2.45, 2.75) is 24.8 Å². The number of ether oxygens (including phenoxy) is 2. The Kier molecular flexibility index (Phi) is 4.72. The van der Waals surface area contributed by atoms with E-state index in [2.05, 4.69) is 10.6 Å². The number of anilines is 2. The lowest BCUT2D eigenvalue weighted by Crippen LogP contribution is -2.27. The summed E-state index contributed by atoms with van der Waals surface area (Å²) >= 11 is 0. The first-order valence-electron chi connectivity index (χ1n) is 11.1. The van der Waals surface area contributed by atoms with Crippen LogP contribution >= 0.6 is 0 Å². The highest BCUT2D eigenvalue weighted by atomic mass is 16.7. The molecule has 0 amide bonds. The van der Waals surface area contributed by atoms with Crippen molar-refractivity contribution in [1.29, 1.82) is 0 Å². The van der Waals surface area contributed by atoms with Gasteiger partial charge in [-0.15, -0.1) is 0 Å². The largest absolute Gasteiger partial charge is 0.454 e. The number of nitro benzene ring substituents is 1. The third kappa shape index (κ3) is 3.35. The molecule has 0 unspecified atom stereocenters. The topological polar surface area (TPSA) is 103 Å². The Morgan fingerprint density at radius 2 is 1.62 bits per heavy atom. The zero-order valence-corrected chi connectivity index (χ0v) is 18.1. The first-order chi connectivity index (χ1) is 16.6. The SMILES string of the molecule is O=C1C[C@H](c2ccccc2)CC2=C1[C@H](c1cc3c(cc1[N+](=O)[O-])OCO3)Nc1ccccc1N2. The van der Waals surface area contributed by atoms with Crippen molar-refractivity contribution >= 4 is 22.8 Å². The number of fused-ring (bicyclic) bond motifs is 2. The van der Waals surface area contributed by atoms with Crippen molar-refractivity contribution in [2.75, 3.05) is 17.4 Å². The van der Waals surface area contributed by atoms with E-state index in [1.54, 1.807) is 6.07 Å². The minimum Gasteiger partial charge on any atom is -0.454 e. The van der Waals surface area contributed by atoms with E-state index in [0.29, 0.717) is 35.5 Å². The predicted molar refractivity (Wildman–Crippen MR) is 126 cm³/mol. The van der Waals surface area contributed by atoms with E-state index >= 15 is 0 Å². The van der Waals surface area contributed by atoms with Crippen LogP contribution in [0, 0.1) is 10.1 Å². The number of allylic oxidation sites excluding steroid dienone is 1. The number of carbonyl (C=O) groups excluding carboxylic acids is 1. The highest BCUT2D eigenvalue weighted by Crippen LogP contribution is 2.48. The molecular formula is C26H21N3O5. The van der Waals surface area contributed by atoms with E-state index in [-0.39, 0.29) is 24.2 Å². The predicted octanol–water partition coefficient (Wildman–Crippen LogP) is 5.30. The molecule has 8 nitrogen and oxygen atoms in total. The molecule has 8 heteroatoms. The second kappa shape index (κ2) is 7.91. The Balaban J connectivity index is 1.52. The van der Waals surface area contributed by atoms with Crippen LogP contribution in [0.3, 0.4) is 0 Å². The van der Waals surface area contributed by atoms with Crippen molar-refractivity contribution < 1.29 is 19.2 Å². The van der Waals surface area contributed by atoms with Crippen molar-refractivity contribution in [1.82, 2.24) is 0 Å². The second-order valence-electron chi connectivity index (χ2n) is 8.60. The van der Waals surface area contributed by atoms with Crippen LogP contribution in [-0.2, 0) is 4.79 Å². The van der Waals surface area contributed by atoms with Crippen LogP contribution in [0.2, 0.25) is 0 Å². The number of rotatable bonds is 3. The summed E-state index contributed by atoms with van der Waals surface area (Å²) in [5.41, 5.74) is 4.23. The molecule has 3 aromatic carbocycles. The van der Waals surface area contributed by atoms with Crippen LogP contribution < -0.4 is 20.1 Å². The van der Waals surface area contributed by atoms with Crippen LogP contribution in [0.4, 0.5) is 17.1 Å². The van der Waals surface area contributed by atoms with Gasteiger partial charge in [0.25, 0.3) is 5.69 Å². The number of nitrogens with one attached hydrogen (secondary N) is 2. The van der Waals surface area contributed by atoms with E-state index in [1.807, 2.05) is 54.6 Å². The summed E-state index contributed by atoms with van der Waals surface area (Å²) in [7, 11) is 0. The summed E-state index contributed by atoms with van der Waals surface area (Å²) < 4.78 is 10.9. The zero-order valence-electron chi connectivity index (χ0n) is 18.1. The Morgan fingerprint density at radius 3 is 2.38 bits per heavy atom. The van der Waals surface area contributed by atoms with E-state index in [9.17, 15) is 14.9 Å². The third-order valence-corrected chi connectivity index (χ3v) is 6.61. The maximum atomic E-state index is 13.7. The summed E-state index contributed by atoms with van der Waals surface area (Å²) in [5.74, 6) is 0.744. The molecule has 2 N–H and O–H groups in total. The molecule has 3 aliphatic rings. The number of hydrogen-bond acceptors (Lipinski definition) is 7. The van der Waals surface area contributed by atoms with Gasteiger partial charge in [-0.2, -0.15) is 0 Å². The lowest BCUT2D eigenvalue weighted by molar-refractivity contribution is -0.385. The van der Waals surface area contributed by atoms with Gasteiger partial charge in [0, 0.05) is 17.7 Å². The van der Waals surface area contributed by atoms with Gasteiger partial charge in [0.15, 0.2) is 17.3 Å².